The van der Waals surface area contributed by atoms with Crippen LogP contribution in [-0.2, 0) is 6.42 Å². The Bertz CT molecular complexity index is 496. The van der Waals surface area contributed by atoms with Crippen molar-refractivity contribution in [3.8, 4) is 10.6 Å². The minimum atomic E-state index is -0.263. The Hall–Kier alpha value is -1.33. The first-order valence-corrected chi connectivity index (χ1v) is 5.81. The van der Waals surface area contributed by atoms with Crippen molar-refractivity contribution < 1.29 is 4.39 Å². The molecular formula is C11H12FN3S. The molecule has 0 atom stereocenters. The van der Waals surface area contributed by atoms with Gasteiger partial charge in [-0.25, -0.2) is 4.39 Å². The van der Waals surface area contributed by atoms with Crippen LogP contribution in [0.4, 0.5) is 4.39 Å². The number of nitrogens with two attached hydrogens (primary N) is 1. The van der Waals surface area contributed by atoms with Gasteiger partial charge in [0.25, 0.3) is 0 Å². The summed E-state index contributed by atoms with van der Waals surface area (Å²) in [5.74, 6) is -0.263. The molecule has 0 spiro atoms. The number of benzene rings is 1. The average Bonchev–Trinajstić information content (AvgIpc) is 2.71. The van der Waals surface area contributed by atoms with Gasteiger partial charge in [0.05, 0.1) is 0 Å². The molecule has 2 N–H and O–H groups in total. The summed E-state index contributed by atoms with van der Waals surface area (Å²) in [7, 11) is 0. The van der Waals surface area contributed by atoms with Gasteiger partial charge in [-0.1, -0.05) is 23.0 Å². The lowest BCUT2D eigenvalue weighted by atomic mass is 10.1. The molecule has 3 nitrogen and oxygen atoms in total. The Labute approximate surface area is 97.1 Å². The molecule has 84 valence electrons. The predicted molar refractivity (Wildman–Crippen MR) is 62.8 cm³/mol. The Morgan fingerprint density at radius 3 is 2.94 bits per heavy atom. The van der Waals surface area contributed by atoms with E-state index in [1.54, 1.807) is 12.1 Å². The molecule has 0 aliphatic rings. The van der Waals surface area contributed by atoms with Crippen LogP contribution < -0.4 is 5.73 Å². The summed E-state index contributed by atoms with van der Waals surface area (Å²) in [6.45, 7) is 2.45. The summed E-state index contributed by atoms with van der Waals surface area (Å²) in [6.07, 6.45) is 0.686. The van der Waals surface area contributed by atoms with Crippen LogP contribution in [0.25, 0.3) is 10.6 Å². The second-order valence-electron chi connectivity index (χ2n) is 3.52. The number of halogens is 1. The normalized spacial score (nSPS) is 10.7. The topological polar surface area (TPSA) is 51.8 Å². The van der Waals surface area contributed by atoms with E-state index in [1.165, 1.54) is 17.4 Å². The molecule has 0 saturated carbocycles. The number of rotatable bonds is 3. The largest absolute Gasteiger partial charge is 0.330 e. The molecule has 0 aliphatic carbocycles. The van der Waals surface area contributed by atoms with E-state index >= 15 is 0 Å². The Morgan fingerprint density at radius 1 is 1.38 bits per heavy atom. The maximum atomic E-state index is 13.6. The highest BCUT2D eigenvalue weighted by atomic mass is 32.1. The number of hydrogen-bond acceptors (Lipinski definition) is 4. The molecule has 1 aromatic heterocycles. The van der Waals surface area contributed by atoms with Gasteiger partial charge in [-0.15, -0.1) is 10.2 Å². The highest BCUT2D eigenvalue weighted by molar-refractivity contribution is 7.14. The molecule has 1 heterocycles. The van der Waals surface area contributed by atoms with E-state index in [0.717, 1.165) is 10.6 Å². The second kappa shape index (κ2) is 4.67. The first-order valence-electron chi connectivity index (χ1n) is 4.99. The Morgan fingerprint density at radius 2 is 2.19 bits per heavy atom. The van der Waals surface area contributed by atoms with Gasteiger partial charge in [0.1, 0.15) is 10.8 Å². The molecule has 0 bridgehead atoms. The third-order valence-electron chi connectivity index (χ3n) is 2.18. The minimum Gasteiger partial charge on any atom is -0.330 e. The van der Waals surface area contributed by atoms with E-state index in [1.807, 2.05) is 6.92 Å². The maximum absolute atomic E-state index is 13.6. The molecule has 0 amide bonds. The molecule has 1 aromatic carbocycles. The van der Waals surface area contributed by atoms with E-state index in [-0.39, 0.29) is 5.82 Å². The molecule has 16 heavy (non-hydrogen) atoms. The van der Waals surface area contributed by atoms with Gasteiger partial charge in [-0.3, -0.25) is 0 Å². The van der Waals surface area contributed by atoms with Crippen molar-refractivity contribution in [2.75, 3.05) is 6.54 Å². The van der Waals surface area contributed by atoms with Gasteiger partial charge in [0.2, 0.25) is 0 Å². The predicted octanol–water partition coefficient (Wildman–Crippen LogP) is 2.15. The Kier molecular flexibility index (Phi) is 3.26. The van der Waals surface area contributed by atoms with Crippen LogP contribution >= 0.6 is 11.3 Å². The van der Waals surface area contributed by atoms with E-state index in [4.69, 9.17) is 5.73 Å². The molecular weight excluding hydrogens is 225 g/mol. The number of aromatic nitrogens is 2. The standard InChI is InChI=1S/C11H12FN3S/c1-7-2-3-9(12)8(6-7)11-15-14-10(16-11)4-5-13/h2-3,6H,4-5,13H2,1H3. The lowest BCUT2D eigenvalue weighted by Crippen LogP contribution is -2.01. The van der Waals surface area contributed by atoms with Gasteiger partial charge in [-0.2, -0.15) is 0 Å². The first kappa shape index (κ1) is 11.2. The van der Waals surface area contributed by atoms with Crippen LogP contribution in [0.2, 0.25) is 0 Å². The van der Waals surface area contributed by atoms with Crippen molar-refractivity contribution in [1.29, 1.82) is 0 Å². The van der Waals surface area contributed by atoms with Crippen LogP contribution in [-0.4, -0.2) is 16.7 Å². The van der Waals surface area contributed by atoms with Crippen molar-refractivity contribution >= 4 is 11.3 Å². The number of aryl methyl sites for hydroxylation is 1. The van der Waals surface area contributed by atoms with E-state index in [0.29, 0.717) is 23.5 Å². The van der Waals surface area contributed by atoms with E-state index < -0.39 is 0 Å². The van der Waals surface area contributed by atoms with Crippen LogP contribution in [0.1, 0.15) is 10.6 Å². The summed E-state index contributed by atoms with van der Waals surface area (Å²) in [5, 5.41) is 9.42. The average molecular weight is 237 g/mol. The van der Waals surface area contributed by atoms with Crippen molar-refractivity contribution in [2.45, 2.75) is 13.3 Å². The molecule has 0 saturated heterocycles. The van der Waals surface area contributed by atoms with Crippen molar-refractivity contribution in [2.24, 2.45) is 5.73 Å². The zero-order valence-corrected chi connectivity index (χ0v) is 9.72. The van der Waals surface area contributed by atoms with Gasteiger partial charge in [0.15, 0.2) is 5.01 Å². The highest BCUT2D eigenvalue weighted by Crippen LogP contribution is 2.26. The lowest BCUT2D eigenvalue weighted by Gasteiger charge is -1.99. The first-order chi connectivity index (χ1) is 7.70. The summed E-state index contributed by atoms with van der Waals surface area (Å²) >= 11 is 1.39. The second-order valence-corrected chi connectivity index (χ2v) is 4.59. The fourth-order valence-electron chi connectivity index (χ4n) is 1.39. The monoisotopic (exact) mass is 237 g/mol. The fourth-order valence-corrected chi connectivity index (χ4v) is 2.26. The smallest absolute Gasteiger partial charge is 0.150 e. The summed E-state index contributed by atoms with van der Waals surface area (Å²) in [4.78, 5) is 0. The molecule has 0 aliphatic heterocycles. The van der Waals surface area contributed by atoms with Crippen LogP contribution in [0.5, 0.6) is 0 Å². The lowest BCUT2D eigenvalue weighted by molar-refractivity contribution is 0.630. The summed E-state index contributed by atoms with van der Waals surface area (Å²) in [5.41, 5.74) is 6.95. The van der Waals surface area contributed by atoms with Crippen LogP contribution in [0.15, 0.2) is 18.2 Å². The van der Waals surface area contributed by atoms with Crippen LogP contribution in [0.3, 0.4) is 0 Å². The van der Waals surface area contributed by atoms with Crippen LogP contribution in [0, 0.1) is 12.7 Å². The summed E-state index contributed by atoms with van der Waals surface area (Å²) < 4.78 is 13.6. The van der Waals surface area contributed by atoms with E-state index in [2.05, 4.69) is 10.2 Å². The molecule has 5 heteroatoms. The van der Waals surface area contributed by atoms with E-state index in [9.17, 15) is 4.39 Å². The zero-order chi connectivity index (χ0) is 11.5. The third-order valence-corrected chi connectivity index (χ3v) is 3.19. The Balaban J connectivity index is 2.38. The highest BCUT2D eigenvalue weighted by Gasteiger charge is 2.10. The SMILES string of the molecule is Cc1ccc(F)c(-c2nnc(CCN)s2)c1. The minimum absolute atomic E-state index is 0.263. The quantitative estimate of drug-likeness (QED) is 0.890. The summed E-state index contributed by atoms with van der Waals surface area (Å²) in [6, 6.07) is 4.97. The third kappa shape index (κ3) is 2.25. The van der Waals surface area contributed by atoms with Gasteiger partial charge in [0, 0.05) is 12.0 Å². The zero-order valence-electron chi connectivity index (χ0n) is 8.90. The number of nitrogens with zero attached hydrogens (tertiary/aromatic N) is 2. The fraction of sp³-hybridized carbons (Fsp3) is 0.273. The van der Waals surface area contributed by atoms with Gasteiger partial charge in [-0.05, 0) is 25.6 Å². The maximum Gasteiger partial charge on any atom is 0.150 e. The molecule has 0 radical (unpaired) electrons. The molecule has 2 rings (SSSR count). The van der Waals surface area contributed by atoms with Gasteiger partial charge >= 0.3 is 0 Å². The number of hydrogen-bond donors (Lipinski definition) is 1. The molecule has 0 unspecified atom stereocenters. The van der Waals surface area contributed by atoms with Crippen molar-refractivity contribution in [3.63, 3.8) is 0 Å². The van der Waals surface area contributed by atoms with Gasteiger partial charge < -0.3 is 5.73 Å². The van der Waals surface area contributed by atoms with Crippen molar-refractivity contribution in [1.82, 2.24) is 10.2 Å². The molecule has 0 fully saturated rings. The van der Waals surface area contributed by atoms with Crippen molar-refractivity contribution in [3.05, 3.63) is 34.6 Å². The molecule has 2 aromatic rings.